The third-order valence-electron chi connectivity index (χ3n) is 2.71. The Kier molecular flexibility index (Phi) is 3.41. The van der Waals surface area contributed by atoms with Crippen LogP contribution in [0.4, 0.5) is 10.5 Å². The van der Waals surface area contributed by atoms with Gasteiger partial charge in [-0.3, -0.25) is 4.90 Å². The van der Waals surface area contributed by atoms with Crippen LogP contribution in [-0.4, -0.2) is 44.3 Å². The van der Waals surface area contributed by atoms with Gasteiger partial charge in [-0.05, 0) is 12.1 Å². The minimum atomic E-state index is 0.0366. The maximum Gasteiger partial charge on any atom is 0.324 e. The highest BCUT2D eigenvalue weighted by Gasteiger charge is 2.20. The number of morpholine rings is 1. The second kappa shape index (κ2) is 4.99. The molecule has 1 heterocycles. The van der Waals surface area contributed by atoms with Crippen molar-refractivity contribution < 1.29 is 9.53 Å². The molecule has 0 bridgehead atoms. The zero-order chi connectivity index (χ0) is 11.4. The zero-order valence-electron chi connectivity index (χ0n) is 9.43. The van der Waals surface area contributed by atoms with Gasteiger partial charge in [0.25, 0.3) is 0 Å². The molecular formula is C12H16N2O2. The van der Waals surface area contributed by atoms with Crippen LogP contribution in [0.2, 0.25) is 0 Å². The summed E-state index contributed by atoms with van der Waals surface area (Å²) >= 11 is 0. The Balaban J connectivity index is 2.04. The third-order valence-corrected chi connectivity index (χ3v) is 2.71. The van der Waals surface area contributed by atoms with E-state index in [0.717, 1.165) is 5.69 Å². The number of carbonyl (C=O) groups is 1. The monoisotopic (exact) mass is 220 g/mol. The molecular weight excluding hydrogens is 204 g/mol. The Hall–Kier alpha value is -1.55. The fourth-order valence-electron chi connectivity index (χ4n) is 1.73. The van der Waals surface area contributed by atoms with Gasteiger partial charge >= 0.3 is 6.03 Å². The van der Waals surface area contributed by atoms with Gasteiger partial charge in [-0.15, -0.1) is 0 Å². The summed E-state index contributed by atoms with van der Waals surface area (Å²) in [6.45, 7) is 2.62. The van der Waals surface area contributed by atoms with E-state index in [0.29, 0.717) is 26.3 Å². The molecule has 1 aromatic rings. The first-order valence-electron chi connectivity index (χ1n) is 5.44. The molecule has 4 heteroatoms. The molecule has 1 aromatic carbocycles. The predicted molar refractivity (Wildman–Crippen MR) is 62.6 cm³/mol. The van der Waals surface area contributed by atoms with E-state index in [2.05, 4.69) is 0 Å². The Labute approximate surface area is 95.4 Å². The molecule has 4 nitrogen and oxygen atoms in total. The molecule has 1 aliphatic rings. The molecule has 16 heavy (non-hydrogen) atoms. The molecule has 1 saturated heterocycles. The van der Waals surface area contributed by atoms with Crippen molar-refractivity contribution in [2.45, 2.75) is 0 Å². The number of urea groups is 1. The minimum Gasteiger partial charge on any atom is -0.378 e. The van der Waals surface area contributed by atoms with Crippen LogP contribution in [0.3, 0.4) is 0 Å². The summed E-state index contributed by atoms with van der Waals surface area (Å²) in [6, 6.07) is 9.69. The standard InChI is InChI=1S/C12H16N2O2/c1-13(11-5-3-2-4-6-11)12(15)14-7-9-16-10-8-14/h2-6H,7-10H2,1H3. The molecule has 2 rings (SSSR count). The first kappa shape index (κ1) is 11.0. The average Bonchev–Trinajstić information content (AvgIpc) is 2.39. The summed E-state index contributed by atoms with van der Waals surface area (Å²) in [6.07, 6.45) is 0. The topological polar surface area (TPSA) is 32.8 Å². The summed E-state index contributed by atoms with van der Waals surface area (Å²) in [5.41, 5.74) is 0.916. The number of rotatable bonds is 1. The van der Waals surface area contributed by atoms with Gasteiger partial charge in [0.05, 0.1) is 13.2 Å². The van der Waals surface area contributed by atoms with Gasteiger partial charge in [0.15, 0.2) is 0 Å². The molecule has 0 N–H and O–H groups in total. The fraction of sp³-hybridized carbons (Fsp3) is 0.417. The van der Waals surface area contributed by atoms with E-state index in [1.54, 1.807) is 11.9 Å². The second-order valence-electron chi connectivity index (χ2n) is 3.78. The molecule has 0 radical (unpaired) electrons. The molecule has 0 saturated carbocycles. The Morgan fingerprint density at radius 1 is 1.25 bits per heavy atom. The second-order valence-corrected chi connectivity index (χ2v) is 3.78. The highest BCUT2D eigenvalue weighted by atomic mass is 16.5. The van der Waals surface area contributed by atoms with E-state index in [4.69, 9.17) is 4.74 Å². The number of anilines is 1. The van der Waals surface area contributed by atoms with E-state index in [9.17, 15) is 4.79 Å². The van der Waals surface area contributed by atoms with Crippen molar-refractivity contribution in [1.82, 2.24) is 4.90 Å². The number of hydrogen-bond donors (Lipinski definition) is 0. The van der Waals surface area contributed by atoms with Crippen LogP contribution in [0.5, 0.6) is 0 Å². The summed E-state index contributed by atoms with van der Waals surface area (Å²) in [7, 11) is 1.80. The largest absolute Gasteiger partial charge is 0.378 e. The van der Waals surface area contributed by atoms with Crippen molar-refractivity contribution in [3.05, 3.63) is 30.3 Å². The summed E-state index contributed by atoms with van der Waals surface area (Å²) in [4.78, 5) is 15.6. The number of para-hydroxylation sites is 1. The maximum absolute atomic E-state index is 12.1. The van der Waals surface area contributed by atoms with E-state index in [1.807, 2.05) is 35.2 Å². The SMILES string of the molecule is CN(C(=O)N1CCOCC1)c1ccccc1. The van der Waals surface area contributed by atoms with Gasteiger partial charge in [-0.25, -0.2) is 4.79 Å². The van der Waals surface area contributed by atoms with Crippen LogP contribution >= 0.6 is 0 Å². The summed E-state index contributed by atoms with van der Waals surface area (Å²) in [5.74, 6) is 0. The molecule has 0 aliphatic carbocycles. The highest BCUT2D eigenvalue weighted by molar-refractivity contribution is 5.91. The molecule has 86 valence electrons. The molecule has 0 unspecified atom stereocenters. The van der Waals surface area contributed by atoms with E-state index < -0.39 is 0 Å². The highest BCUT2D eigenvalue weighted by Crippen LogP contribution is 2.13. The van der Waals surface area contributed by atoms with Crippen LogP contribution in [0.25, 0.3) is 0 Å². The first-order chi connectivity index (χ1) is 7.79. The van der Waals surface area contributed by atoms with E-state index in [1.165, 1.54) is 0 Å². The number of amides is 2. The Morgan fingerprint density at radius 3 is 2.50 bits per heavy atom. The zero-order valence-corrected chi connectivity index (χ0v) is 9.43. The predicted octanol–water partition coefficient (Wildman–Crippen LogP) is 1.57. The van der Waals surface area contributed by atoms with E-state index in [-0.39, 0.29) is 6.03 Å². The van der Waals surface area contributed by atoms with Gasteiger partial charge in [0.2, 0.25) is 0 Å². The van der Waals surface area contributed by atoms with Crippen LogP contribution in [-0.2, 0) is 4.74 Å². The first-order valence-corrected chi connectivity index (χ1v) is 5.44. The van der Waals surface area contributed by atoms with Crippen molar-refractivity contribution in [2.24, 2.45) is 0 Å². The number of carbonyl (C=O) groups excluding carboxylic acids is 1. The molecule has 0 aromatic heterocycles. The van der Waals surface area contributed by atoms with Crippen LogP contribution < -0.4 is 4.90 Å². The lowest BCUT2D eigenvalue weighted by Crippen LogP contribution is -2.47. The average molecular weight is 220 g/mol. The molecule has 0 spiro atoms. The van der Waals surface area contributed by atoms with Gasteiger partial charge in [-0.2, -0.15) is 0 Å². The smallest absolute Gasteiger partial charge is 0.324 e. The normalized spacial score (nSPS) is 15.9. The van der Waals surface area contributed by atoms with Gasteiger partial charge in [0, 0.05) is 25.8 Å². The Bertz CT molecular complexity index is 347. The lowest BCUT2D eigenvalue weighted by Gasteiger charge is -2.31. The lowest BCUT2D eigenvalue weighted by atomic mass is 10.3. The Morgan fingerprint density at radius 2 is 1.88 bits per heavy atom. The van der Waals surface area contributed by atoms with Crippen molar-refractivity contribution >= 4 is 11.7 Å². The number of benzene rings is 1. The van der Waals surface area contributed by atoms with Crippen molar-refractivity contribution in [3.63, 3.8) is 0 Å². The molecule has 1 aliphatic heterocycles. The van der Waals surface area contributed by atoms with Crippen molar-refractivity contribution in [3.8, 4) is 0 Å². The van der Waals surface area contributed by atoms with Crippen LogP contribution in [0, 0.1) is 0 Å². The lowest BCUT2D eigenvalue weighted by molar-refractivity contribution is 0.0551. The minimum absolute atomic E-state index is 0.0366. The molecule has 2 amide bonds. The fourth-order valence-corrected chi connectivity index (χ4v) is 1.73. The third kappa shape index (κ3) is 2.33. The van der Waals surface area contributed by atoms with E-state index >= 15 is 0 Å². The van der Waals surface area contributed by atoms with Gasteiger partial charge in [-0.1, -0.05) is 18.2 Å². The molecule has 1 fully saturated rings. The number of nitrogens with zero attached hydrogens (tertiary/aromatic N) is 2. The van der Waals surface area contributed by atoms with Gasteiger partial charge in [0.1, 0.15) is 0 Å². The van der Waals surface area contributed by atoms with Crippen molar-refractivity contribution in [1.29, 1.82) is 0 Å². The number of hydrogen-bond acceptors (Lipinski definition) is 2. The molecule has 0 atom stereocenters. The summed E-state index contributed by atoms with van der Waals surface area (Å²) < 4.78 is 5.22. The summed E-state index contributed by atoms with van der Waals surface area (Å²) in [5, 5.41) is 0. The maximum atomic E-state index is 12.1. The van der Waals surface area contributed by atoms with Crippen LogP contribution in [0.1, 0.15) is 0 Å². The van der Waals surface area contributed by atoms with Crippen LogP contribution in [0.15, 0.2) is 30.3 Å². The number of ether oxygens (including phenoxy) is 1. The van der Waals surface area contributed by atoms with Gasteiger partial charge < -0.3 is 9.64 Å². The van der Waals surface area contributed by atoms with Crippen molar-refractivity contribution in [2.75, 3.05) is 38.3 Å². The quantitative estimate of drug-likeness (QED) is 0.719.